The third-order valence-electron chi connectivity index (χ3n) is 0.941. The second kappa shape index (κ2) is 4.13. The van der Waals surface area contributed by atoms with E-state index in [1.807, 2.05) is 0 Å². The molecule has 2 heteroatoms. The molecule has 0 spiro atoms. The maximum absolute atomic E-state index is 6.70. The van der Waals surface area contributed by atoms with Gasteiger partial charge in [-0.1, -0.05) is 13.8 Å². The van der Waals surface area contributed by atoms with E-state index in [1.165, 1.54) is 6.21 Å². The number of rotatable bonds is 3. The van der Waals surface area contributed by atoms with Crippen molar-refractivity contribution in [2.45, 2.75) is 20.3 Å². The lowest BCUT2D eigenvalue weighted by molar-refractivity contribution is 0.639. The molecule has 0 amide bonds. The Balaban J connectivity index is 3.61. The Morgan fingerprint density at radius 3 is 2.56 bits per heavy atom. The van der Waals surface area contributed by atoms with Crippen LogP contribution in [0.5, 0.6) is 0 Å². The Morgan fingerprint density at radius 1 is 1.67 bits per heavy atom. The summed E-state index contributed by atoms with van der Waals surface area (Å²) in [5.41, 5.74) is 6.29. The molecule has 0 heterocycles. The van der Waals surface area contributed by atoms with Crippen LogP contribution in [0.3, 0.4) is 0 Å². The highest BCUT2D eigenvalue weighted by Gasteiger charge is 1.93. The van der Waals surface area contributed by atoms with Crippen LogP contribution < -0.4 is 5.73 Å². The normalized spacial score (nSPS) is 12.1. The van der Waals surface area contributed by atoms with Crippen LogP contribution >= 0.6 is 0 Å². The molecule has 0 aliphatic rings. The van der Waals surface area contributed by atoms with E-state index in [4.69, 9.17) is 11.1 Å². The average Bonchev–Trinajstić information content (AvgIpc) is 1.63. The zero-order chi connectivity index (χ0) is 7.28. The number of hydrogen-bond donors (Lipinski definition) is 2. The molecule has 0 aliphatic heterocycles. The smallest absolute Gasteiger partial charge is 0.0194 e. The number of nitrogens with two attached hydrogens (primary N) is 1. The van der Waals surface area contributed by atoms with Gasteiger partial charge in [0.25, 0.3) is 0 Å². The molecule has 0 aromatic carbocycles. The minimum Gasteiger partial charge on any atom is -0.402 e. The molecule has 0 unspecified atom stereocenters. The van der Waals surface area contributed by atoms with E-state index in [2.05, 4.69) is 13.8 Å². The Kier molecular flexibility index (Phi) is 3.76. The van der Waals surface area contributed by atoms with Crippen LogP contribution in [0.4, 0.5) is 0 Å². The molecule has 0 saturated carbocycles. The van der Waals surface area contributed by atoms with Gasteiger partial charge in [0.2, 0.25) is 0 Å². The molecule has 0 saturated heterocycles. The minimum absolute atomic E-state index is 0.584. The molecular weight excluding hydrogens is 112 g/mol. The van der Waals surface area contributed by atoms with Gasteiger partial charge in [0.05, 0.1) is 0 Å². The Morgan fingerprint density at radius 2 is 2.22 bits per heavy atom. The first-order valence-electron chi connectivity index (χ1n) is 3.12. The highest BCUT2D eigenvalue weighted by molar-refractivity contribution is 5.68. The fourth-order valence-corrected chi connectivity index (χ4v) is 0.646. The highest BCUT2D eigenvalue weighted by Crippen LogP contribution is 2.03. The third-order valence-corrected chi connectivity index (χ3v) is 0.941. The van der Waals surface area contributed by atoms with Crippen LogP contribution in [0.2, 0.25) is 0 Å². The van der Waals surface area contributed by atoms with Gasteiger partial charge in [-0.05, 0) is 18.4 Å². The summed E-state index contributed by atoms with van der Waals surface area (Å²) in [6.07, 6.45) is 3.73. The Hall–Kier alpha value is -0.790. The molecule has 0 radical (unpaired) electrons. The van der Waals surface area contributed by atoms with Crippen LogP contribution in [0, 0.1) is 11.3 Å². The van der Waals surface area contributed by atoms with Gasteiger partial charge >= 0.3 is 0 Å². The van der Waals surface area contributed by atoms with Gasteiger partial charge in [0.1, 0.15) is 0 Å². The van der Waals surface area contributed by atoms with E-state index in [9.17, 15) is 0 Å². The molecule has 0 atom stereocenters. The molecule has 0 bridgehead atoms. The van der Waals surface area contributed by atoms with Gasteiger partial charge < -0.3 is 11.1 Å². The van der Waals surface area contributed by atoms with Crippen LogP contribution in [-0.4, -0.2) is 6.21 Å². The summed E-state index contributed by atoms with van der Waals surface area (Å²) in [5.74, 6) is 0.584. The van der Waals surface area contributed by atoms with E-state index < -0.39 is 0 Å². The minimum atomic E-state index is 0.584. The number of allylic oxidation sites excluding steroid dienone is 2. The molecule has 52 valence electrons. The standard InChI is InChI=1S/C7H14N2/c1-6(2)5-7(9)3-4-8/h3-4,6,8H,5,9H2,1-2H3. The average molecular weight is 126 g/mol. The molecule has 0 fully saturated rings. The predicted octanol–water partition coefficient (Wildman–Crippen LogP) is 1.52. The molecule has 0 aromatic rings. The van der Waals surface area contributed by atoms with Crippen molar-refractivity contribution in [2.24, 2.45) is 11.7 Å². The SMILES string of the molecule is CC(C)CC(N)=CC=N. The summed E-state index contributed by atoms with van der Waals surface area (Å²) in [6.45, 7) is 4.20. The van der Waals surface area contributed by atoms with Gasteiger partial charge in [0, 0.05) is 11.9 Å². The summed E-state index contributed by atoms with van der Waals surface area (Å²) >= 11 is 0. The maximum Gasteiger partial charge on any atom is 0.0194 e. The summed E-state index contributed by atoms with van der Waals surface area (Å²) in [4.78, 5) is 0. The Labute approximate surface area is 56.3 Å². The summed E-state index contributed by atoms with van der Waals surface area (Å²) in [5, 5.41) is 6.70. The van der Waals surface area contributed by atoms with E-state index in [-0.39, 0.29) is 0 Å². The predicted molar refractivity (Wildman–Crippen MR) is 40.5 cm³/mol. The first-order chi connectivity index (χ1) is 4.16. The molecule has 0 rings (SSSR count). The van der Waals surface area contributed by atoms with Gasteiger partial charge in [-0.25, -0.2) is 0 Å². The fraction of sp³-hybridized carbons (Fsp3) is 0.571. The molecule has 2 nitrogen and oxygen atoms in total. The second-order valence-corrected chi connectivity index (χ2v) is 2.51. The van der Waals surface area contributed by atoms with E-state index >= 15 is 0 Å². The largest absolute Gasteiger partial charge is 0.402 e. The van der Waals surface area contributed by atoms with E-state index in [1.54, 1.807) is 6.08 Å². The van der Waals surface area contributed by atoms with Crippen molar-refractivity contribution in [3.8, 4) is 0 Å². The monoisotopic (exact) mass is 126 g/mol. The fourth-order valence-electron chi connectivity index (χ4n) is 0.646. The lowest BCUT2D eigenvalue weighted by atomic mass is 10.1. The second-order valence-electron chi connectivity index (χ2n) is 2.51. The van der Waals surface area contributed by atoms with Crippen molar-refractivity contribution in [3.63, 3.8) is 0 Å². The van der Waals surface area contributed by atoms with Crippen molar-refractivity contribution in [3.05, 3.63) is 11.8 Å². The topological polar surface area (TPSA) is 49.9 Å². The van der Waals surface area contributed by atoms with Crippen LogP contribution in [0.15, 0.2) is 11.8 Å². The van der Waals surface area contributed by atoms with Gasteiger partial charge in [-0.2, -0.15) is 0 Å². The molecule has 3 N–H and O–H groups in total. The highest BCUT2D eigenvalue weighted by atomic mass is 14.6. The van der Waals surface area contributed by atoms with Crippen molar-refractivity contribution in [1.82, 2.24) is 0 Å². The van der Waals surface area contributed by atoms with Crippen LogP contribution in [0.1, 0.15) is 20.3 Å². The van der Waals surface area contributed by atoms with Crippen molar-refractivity contribution in [2.75, 3.05) is 0 Å². The zero-order valence-electron chi connectivity index (χ0n) is 6.02. The maximum atomic E-state index is 6.70. The van der Waals surface area contributed by atoms with E-state index in [0.717, 1.165) is 12.1 Å². The molecule has 9 heavy (non-hydrogen) atoms. The molecular formula is C7H14N2. The molecule has 0 aliphatic carbocycles. The Bertz CT molecular complexity index is 114. The first kappa shape index (κ1) is 8.21. The van der Waals surface area contributed by atoms with Crippen molar-refractivity contribution < 1.29 is 0 Å². The van der Waals surface area contributed by atoms with Gasteiger partial charge in [0.15, 0.2) is 0 Å². The van der Waals surface area contributed by atoms with Crippen molar-refractivity contribution >= 4 is 6.21 Å². The summed E-state index contributed by atoms with van der Waals surface area (Å²) < 4.78 is 0. The quantitative estimate of drug-likeness (QED) is 0.553. The van der Waals surface area contributed by atoms with Crippen LogP contribution in [-0.2, 0) is 0 Å². The molecule has 0 aromatic heterocycles. The number of nitrogens with one attached hydrogen (secondary N) is 1. The lowest BCUT2D eigenvalue weighted by Gasteiger charge is -2.01. The summed E-state index contributed by atoms with van der Waals surface area (Å²) in [6, 6.07) is 0. The van der Waals surface area contributed by atoms with E-state index in [0.29, 0.717) is 5.92 Å². The number of hydrogen-bond acceptors (Lipinski definition) is 2. The third kappa shape index (κ3) is 5.07. The van der Waals surface area contributed by atoms with Crippen molar-refractivity contribution in [1.29, 1.82) is 5.41 Å². The summed E-state index contributed by atoms with van der Waals surface area (Å²) in [7, 11) is 0. The lowest BCUT2D eigenvalue weighted by Crippen LogP contribution is -2.01. The van der Waals surface area contributed by atoms with Crippen LogP contribution in [0.25, 0.3) is 0 Å². The first-order valence-corrected chi connectivity index (χ1v) is 3.12. The zero-order valence-corrected chi connectivity index (χ0v) is 6.02. The van der Waals surface area contributed by atoms with Gasteiger partial charge in [-0.3, -0.25) is 0 Å². The van der Waals surface area contributed by atoms with Gasteiger partial charge in [-0.15, -0.1) is 0 Å².